The van der Waals surface area contributed by atoms with Crippen LogP contribution in [0.15, 0.2) is 12.4 Å². The minimum atomic E-state index is -1.07. The summed E-state index contributed by atoms with van der Waals surface area (Å²) < 4.78 is 6.59. The van der Waals surface area contributed by atoms with Crippen LogP contribution in [0.2, 0.25) is 5.15 Å². The predicted molar refractivity (Wildman–Crippen MR) is 60.4 cm³/mol. The maximum Gasteiger partial charge on any atom is 0.337 e. The Morgan fingerprint density at radius 1 is 1.65 bits per heavy atom. The molecule has 7 heteroatoms. The standard InChI is InChI=1S/C10H10ClN3O3/c1-5(17-2)8-6(10(15)16)3-12-14-4-7(11)13-9(8)14/h3-5H,1-2H3,(H,15,16)/t5-/m0/s1. The number of methoxy groups -OCH3 is 1. The number of ether oxygens (including phenoxy) is 1. The summed E-state index contributed by atoms with van der Waals surface area (Å²) in [7, 11) is 1.50. The molecule has 0 aliphatic rings. The van der Waals surface area contributed by atoms with E-state index in [1.807, 2.05) is 0 Å². The van der Waals surface area contributed by atoms with Crippen LogP contribution in [0, 0.1) is 0 Å². The van der Waals surface area contributed by atoms with Crippen molar-refractivity contribution in [1.29, 1.82) is 0 Å². The average molecular weight is 256 g/mol. The maximum atomic E-state index is 11.1. The first kappa shape index (κ1) is 11.8. The van der Waals surface area contributed by atoms with Gasteiger partial charge in [-0.3, -0.25) is 0 Å². The highest BCUT2D eigenvalue weighted by Crippen LogP contribution is 2.25. The smallest absolute Gasteiger partial charge is 0.337 e. The lowest BCUT2D eigenvalue weighted by molar-refractivity contribution is 0.0682. The number of carboxylic acid groups (broad SMARTS) is 1. The number of fused-ring (bicyclic) bond motifs is 1. The molecule has 0 aliphatic carbocycles. The Hall–Kier alpha value is -1.66. The molecule has 2 aromatic rings. The lowest BCUT2D eigenvalue weighted by Gasteiger charge is -2.13. The molecule has 90 valence electrons. The first-order valence-corrected chi connectivity index (χ1v) is 5.22. The van der Waals surface area contributed by atoms with Gasteiger partial charge >= 0.3 is 5.97 Å². The normalized spacial score (nSPS) is 12.9. The molecule has 0 aromatic carbocycles. The first-order chi connectivity index (χ1) is 8.04. The number of hydrogen-bond acceptors (Lipinski definition) is 4. The predicted octanol–water partition coefficient (Wildman–Crippen LogP) is 1.79. The monoisotopic (exact) mass is 255 g/mol. The van der Waals surface area contributed by atoms with Gasteiger partial charge in [-0.05, 0) is 6.92 Å². The van der Waals surface area contributed by atoms with E-state index >= 15 is 0 Å². The van der Waals surface area contributed by atoms with Gasteiger partial charge in [-0.2, -0.15) is 5.10 Å². The van der Waals surface area contributed by atoms with E-state index in [4.69, 9.17) is 21.4 Å². The maximum absolute atomic E-state index is 11.1. The number of imidazole rings is 1. The van der Waals surface area contributed by atoms with Crippen molar-refractivity contribution in [3.05, 3.63) is 28.7 Å². The lowest BCUT2D eigenvalue weighted by Crippen LogP contribution is -2.11. The molecule has 0 saturated carbocycles. The summed E-state index contributed by atoms with van der Waals surface area (Å²) in [4.78, 5) is 15.2. The fraction of sp³-hybridized carbons (Fsp3) is 0.300. The largest absolute Gasteiger partial charge is 0.478 e. The summed E-state index contributed by atoms with van der Waals surface area (Å²) in [5.74, 6) is -1.07. The number of hydrogen-bond donors (Lipinski definition) is 1. The number of nitrogens with zero attached hydrogens (tertiary/aromatic N) is 3. The van der Waals surface area contributed by atoms with E-state index in [1.54, 1.807) is 6.92 Å². The molecule has 0 aliphatic heterocycles. The van der Waals surface area contributed by atoms with Crippen molar-refractivity contribution in [1.82, 2.24) is 14.6 Å². The molecule has 0 radical (unpaired) electrons. The van der Waals surface area contributed by atoms with Crippen LogP contribution < -0.4 is 0 Å². The highest BCUT2D eigenvalue weighted by atomic mass is 35.5. The Bertz CT molecular complexity index is 581. The molecule has 0 fully saturated rings. The van der Waals surface area contributed by atoms with Gasteiger partial charge in [0.05, 0.1) is 24.1 Å². The lowest BCUT2D eigenvalue weighted by atomic mass is 10.1. The molecule has 2 rings (SSSR count). The van der Waals surface area contributed by atoms with Crippen LogP contribution in [0.5, 0.6) is 0 Å². The van der Waals surface area contributed by atoms with E-state index in [-0.39, 0.29) is 10.7 Å². The van der Waals surface area contributed by atoms with Crippen molar-refractivity contribution in [3.8, 4) is 0 Å². The van der Waals surface area contributed by atoms with Crippen LogP contribution in [-0.4, -0.2) is 32.8 Å². The van der Waals surface area contributed by atoms with Crippen molar-refractivity contribution in [2.45, 2.75) is 13.0 Å². The van der Waals surface area contributed by atoms with Crippen LogP contribution in [0.1, 0.15) is 28.9 Å². The van der Waals surface area contributed by atoms with Gasteiger partial charge in [-0.1, -0.05) is 11.6 Å². The number of halogens is 1. The summed E-state index contributed by atoms with van der Waals surface area (Å²) in [6.45, 7) is 1.74. The number of carboxylic acids is 1. The summed E-state index contributed by atoms with van der Waals surface area (Å²) >= 11 is 5.77. The minimum absolute atomic E-state index is 0.0640. The van der Waals surface area contributed by atoms with Gasteiger partial charge in [0.2, 0.25) is 0 Å². The zero-order chi connectivity index (χ0) is 12.6. The molecule has 6 nitrogen and oxygen atoms in total. The Morgan fingerprint density at radius 2 is 2.35 bits per heavy atom. The molecule has 2 aromatic heterocycles. The molecular weight excluding hydrogens is 246 g/mol. The summed E-state index contributed by atoms with van der Waals surface area (Å²) in [5.41, 5.74) is 0.917. The Kier molecular flexibility index (Phi) is 2.99. The second-order valence-corrected chi connectivity index (χ2v) is 3.87. The number of aromatic carboxylic acids is 1. The second kappa shape index (κ2) is 4.31. The van der Waals surface area contributed by atoms with Crippen LogP contribution >= 0.6 is 11.6 Å². The number of carbonyl (C=O) groups is 1. The van der Waals surface area contributed by atoms with Gasteiger partial charge in [0.25, 0.3) is 0 Å². The van der Waals surface area contributed by atoms with Crippen molar-refractivity contribution in [2.24, 2.45) is 0 Å². The van der Waals surface area contributed by atoms with Gasteiger partial charge in [0.15, 0.2) is 5.65 Å². The summed E-state index contributed by atoms with van der Waals surface area (Å²) in [5, 5.41) is 13.3. The van der Waals surface area contributed by atoms with Crippen molar-refractivity contribution in [3.63, 3.8) is 0 Å². The third kappa shape index (κ3) is 1.96. The van der Waals surface area contributed by atoms with E-state index in [9.17, 15) is 4.79 Å². The third-order valence-electron chi connectivity index (χ3n) is 2.49. The fourth-order valence-electron chi connectivity index (χ4n) is 1.61. The highest BCUT2D eigenvalue weighted by Gasteiger charge is 2.21. The van der Waals surface area contributed by atoms with Crippen LogP contribution in [0.25, 0.3) is 5.65 Å². The SMILES string of the molecule is CO[C@@H](C)c1c(C(=O)O)cnn2cc(Cl)nc12. The van der Waals surface area contributed by atoms with Crippen LogP contribution in [0.4, 0.5) is 0 Å². The summed E-state index contributed by atoms with van der Waals surface area (Å²) in [6.07, 6.45) is 2.36. The minimum Gasteiger partial charge on any atom is -0.478 e. The van der Waals surface area contributed by atoms with Gasteiger partial charge in [-0.25, -0.2) is 14.3 Å². The Balaban J connectivity index is 2.78. The van der Waals surface area contributed by atoms with E-state index in [1.165, 1.54) is 24.0 Å². The number of aromatic nitrogens is 3. The topological polar surface area (TPSA) is 76.7 Å². The van der Waals surface area contributed by atoms with Gasteiger partial charge in [-0.15, -0.1) is 0 Å². The van der Waals surface area contributed by atoms with E-state index < -0.39 is 12.1 Å². The molecule has 1 N–H and O–H groups in total. The molecule has 0 unspecified atom stereocenters. The molecular formula is C10H10ClN3O3. The van der Waals surface area contributed by atoms with E-state index in [0.29, 0.717) is 11.2 Å². The quantitative estimate of drug-likeness (QED) is 0.905. The Labute approximate surface area is 102 Å². The molecule has 17 heavy (non-hydrogen) atoms. The van der Waals surface area contributed by atoms with Gasteiger partial charge in [0.1, 0.15) is 5.15 Å². The van der Waals surface area contributed by atoms with E-state index in [2.05, 4.69) is 10.1 Å². The molecule has 0 bridgehead atoms. The van der Waals surface area contributed by atoms with Crippen molar-refractivity contribution in [2.75, 3.05) is 7.11 Å². The van der Waals surface area contributed by atoms with Crippen LogP contribution in [0.3, 0.4) is 0 Å². The highest BCUT2D eigenvalue weighted by molar-refractivity contribution is 6.29. The molecule has 0 amide bonds. The molecule has 2 heterocycles. The van der Waals surface area contributed by atoms with Gasteiger partial charge < -0.3 is 9.84 Å². The zero-order valence-electron chi connectivity index (χ0n) is 9.22. The zero-order valence-corrected chi connectivity index (χ0v) is 9.97. The fourth-order valence-corrected chi connectivity index (χ4v) is 1.79. The van der Waals surface area contributed by atoms with Crippen molar-refractivity contribution >= 4 is 23.2 Å². The first-order valence-electron chi connectivity index (χ1n) is 4.84. The second-order valence-electron chi connectivity index (χ2n) is 3.49. The molecule has 0 spiro atoms. The molecule has 1 atom stereocenters. The summed E-state index contributed by atoms with van der Waals surface area (Å²) in [6, 6.07) is 0. The number of rotatable bonds is 3. The van der Waals surface area contributed by atoms with Crippen LogP contribution in [-0.2, 0) is 4.74 Å². The third-order valence-corrected chi connectivity index (χ3v) is 2.67. The van der Waals surface area contributed by atoms with Crippen molar-refractivity contribution < 1.29 is 14.6 Å². The average Bonchev–Trinajstić information content (AvgIpc) is 2.66. The van der Waals surface area contributed by atoms with Gasteiger partial charge in [0, 0.05) is 12.7 Å². The Morgan fingerprint density at radius 3 is 2.94 bits per heavy atom. The molecule has 0 saturated heterocycles. The van der Waals surface area contributed by atoms with E-state index in [0.717, 1.165) is 0 Å².